The highest BCUT2D eigenvalue weighted by molar-refractivity contribution is 5.67. The molecule has 2 N–H and O–H groups in total. The van der Waals surface area contributed by atoms with Crippen molar-refractivity contribution in [1.29, 1.82) is 0 Å². The Morgan fingerprint density at radius 1 is 1.06 bits per heavy atom. The normalized spacial score (nSPS) is 22.0. The molecule has 7 heteroatoms. The van der Waals surface area contributed by atoms with E-state index in [1.54, 1.807) is 0 Å². The number of carboxylic acids is 1. The standard InChI is InChI=1S/C26H28N2O5/c29-26(30)13-17-5-7-18(8-6-17)19-9-11-20(12-10-19)22-14-25(28-27-22)32-16-21-15-31-23-3-1-2-4-24(23)33-21/h1-4,9-12,14,17-18,21H,5-8,13,15-16H2,(H,27,28)(H,29,30)/t17-,18-,21?. The maximum absolute atomic E-state index is 10.9. The van der Waals surface area contributed by atoms with Crippen molar-refractivity contribution in [2.24, 2.45) is 5.92 Å². The van der Waals surface area contributed by atoms with Gasteiger partial charge in [-0.05, 0) is 60.8 Å². The van der Waals surface area contributed by atoms with Crippen LogP contribution >= 0.6 is 0 Å². The highest BCUT2D eigenvalue weighted by Gasteiger charge is 2.24. The first kappa shape index (κ1) is 21.4. The number of aromatic amines is 1. The number of aromatic nitrogens is 2. The van der Waals surface area contributed by atoms with Crippen molar-refractivity contribution >= 4 is 5.97 Å². The summed E-state index contributed by atoms with van der Waals surface area (Å²) in [5, 5.41) is 16.3. The van der Waals surface area contributed by atoms with Crippen LogP contribution in [0.5, 0.6) is 17.4 Å². The van der Waals surface area contributed by atoms with E-state index in [2.05, 4.69) is 34.5 Å². The number of aliphatic carboxylic acids is 1. The molecule has 3 aromatic rings. The molecule has 1 fully saturated rings. The first-order valence-electron chi connectivity index (χ1n) is 11.5. The van der Waals surface area contributed by atoms with E-state index in [9.17, 15) is 4.79 Å². The minimum Gasteiger partial charge on any atom is -0.486 e. The van der Waals surface area contributed by atoms with Crippen LogP contribution in [0, 0.1) is 5.92 Å². The summed E-state index contributed by atoms with van der Waals surface area (Å²) < 4.78 is 17.5. The van der Waals surface area contributed by atoms with Gasteiger partial charge in [0.05, 0.1) is 5.69 Å². The van der Waals surface area contributed by atoms with Gasteiger partial charge in [-0.1, -0.05) is 36.4 Å². The van der Waals surface area contributed by atoms with Crippen LogP contribution in [0.25, 0.3) is 11.3 Å². The van der Waals surface area contributed by atoms with E-state index in [4.69, 9.17) is 19.3 Å². The molecule has 0 saturated heterocycles. The maximum atomic E-state index is 10.9. The number of hydrogen-bond donors (Lipinski definition) is 2. The Bertz CT molecular complexity index is 1090. The van der Waals surface area contributed by atoms with Crippen LogP contribution in [-0.2, 0) is 4.79 Å². The second kappa shape index (κ2) is 9.57. The second-order valence-corrected chi connectivity index (χ2v) is 8.87. The Hall–Kier alpha value is -3.48. The molecule has 33 heavy (non-hydrogen) atoms. The number of fused-ring (bicyclic) bond motifs is 1. The van der Waals surface area contributed by atoms with Crippen LogP contribution in [0.4, 0.5) is 0 Å². The van der Waals surface area contributed by atoms with Crippen LogP contribution in [-0.4, -0.2) is 40.6 Å². The summed E-state index contributed by atoms with van der Waals surface area (Å²) in [5.41, 5.74) is 3.26. The van der Waals surface area contributed by atoms with Gasteiger partial charge >= 0.3 is 5.97 Å². The van der Waals surface area contributed by atoms with Gasteiger partial charge in [0, 0.05) is 12.5 Å². The minimum absolute atomic E-state index is 0.190. The van der Waals surface area contributed by atoms with E-state index in [-0.39, 0.29) is 6.10 Å². The Morgan fingerprint density at radius 3 is 2.58 bits per heavy atom. The Morgan fingerprint density at radius 2 is 1.82 bits per heavy atom. The van der Waals surface area contributed by atoms with E-state index in [0.29, 0.717) is 37.4 Å². The van der Waals surface area contributed by atoms with E-state index in [1.165, 1.54) is 5.56 Å². The largest absolute Gasteiger partial charge is 0.486 e. The van der Waals surface area contributed by atoms with Crippen LogP contribution in [0.2, 0.25) is 0 Å². The molecule has 2 aliphatic rings. The summed E-state index contributed by atoms with van der Waals surface area (Å²) in [6.07, 6.45) is 4.18. The van der Waals surface area contributed by atoms with Gasteiger partial charge in [-0.25, -0.2) is 0 Å². The van der Waals surface area contributed by atoms with Crippen LogP contribution < -0.4 is 14.2 Å². The van der Waals surface area contributed by atoms with Crippen molar-refractivity contribution in [1.82, 2.24) is 10.2 Å². The average molecular weight is 449 g/mol. The fourth-order valence-electron chi connectivity index (χ4n) is 4.73. The topological polar surface area (TPSA) is 93.7 Å². The molecule has 1 aliphatic carbocycles. The van der Waals surface area contributed by atoms with Crippen LogP contribution in [0.1, 0.15) is 43.6 Å². The van der Waals surface area contributed by atoms with Gasteiger partial charge in [-0.2, -0.15) is 0 Å². The number of rotatable bonds is 7. The lowest BCUT2D eigenvalue weighted by Gasteiger charge is -2.28. The molecule has 1 aromatic heterocycles. The lowest BCUT2D eigenvalue weighted by atomic mass is 9.77. The zero-order valence-electron chi connectivity index (χ0n) is 18.4. The highest BCUT2D eigenvalue weighted by atomic mass is 16.6. The lowest BCUT2D eigenvalue weighted by Crippen LogP contribution is -2.34. The smallest absolute Gasteiger partial charge is 0.303 e. The fourth-order valence-corrected chi connectivity index (χ4v) is 4.73. The first-order chi connectivity index (χ1) is 16.1. The Labute approximate surface area is 192 Å². The van der Waals surface area contributed by atoms with Gasteiger partial charge in [0.25, 0.3) is 0 Å². The minimum atomic E-state index is -0.685. The van der Waals surface area contributed by atoms with Gasteiger partial charge in [0.1, 0.15) is 13.2 Å². The number of ether oxygens (including phenoxy) is 3. The van der Waals surface area contributed by atoms with Gasteiger partial charge in [-0.3, -0.25) is 9.89 Å². The van der Waals surface area contributed by atoms with E-state index in [1.807, 2.05) is 30.3 Å². The number of para-hydroxylation sites is 2. The van der Waals surface area contributed by atoms with Crippen molar-refractivity contribution in [2.75, 3.05) is 13.2 Å². The summed E-state index contributed by atoms with van der Waals surface area (Å²) in [6.45, 7) is 0.788. The molecule has 2 aromatic carbocycles. The van der Waals surface area contributed by atoms with Crippen molar-refractivity contribution in [3.63, 3.8) is 0 Å². The van der Waals surface area contributed by atoms with Crippen molar-refractivity contribution in [2.45, 2.75) is 44.1 Å². The summed E-state index contributed by atoms with van der Waals surface area (Å²) >= 11 is 0. The molecule has 1 aliphatic heterocycles. The summed E-state index contributed by atoms with van der Waals surface area (Å²) in [5.74, 6) is 2.15. The third kappa shape index (κ3) is 5.13. The van der Waals surface area contributed by atoms with E-state index < -0.39 is 5.97 Å². The quantitative estimate of drug-likeness (QED) is 0.526. The van der Waals surface area contributed by atoms with Crippen LogP contribution in [0.15, 0.2) is 54.6 Å². The van der Waals surface area contributed by atoms with Gasteiger partial charge in [0.2, 0.25) is 5.88 Å². The zero-order valence-corrected chi connectivity index (χ0v) is 18.4. The van der Waals surface area contributed by atoms with Gasteiger partial charge in [-0.15, -0.1) is 5.10 Å². The number of nitrogens with one attached hydrogen (secondary N) is 1. The number of carboxylic acid groups (broad SMARTS) is 1. The van der Waals surface area contributed by atoms with Crippen molar-refractivity contribution < 1.29 is 24.1 Å². The monoisotopic (exact) mass is 448 g/mol. The fraction of sp³-hybridized carbons (Fsp3) is 0.385. The summed E-state index contributed by atoms with van der Waals surface area (Å²) in [6, 6.07) is 18.1. The molecule has 5 rings (SSSR count). The van der Waals surface area contributed by atoms with Gasteiger partial charge in [0.15, 0.2) is 17.6 Å². The molecule has 0 amide bonds. The third-order valence-electron chi connectivity index (χ3n) is 6.54. The summed E-state index contributed by atoms with van der Waals surface area (Å²) in [4.78, 5) is 10.9. The molecular formula is C26H28N2O5. The molecule has 7 nitrogen and oxygen atoms in total. The lowest BCUT2D eigenvalue weighted by molar-refractivity contribution is -0.138. The molecule has 1 atom stereocenters. The molecular weight excluding hydrogens is 420 g/mol. The number of benzene rings is 2. The maximum Gasteiger partial charge on any atom is 0.303 e. The first-order valence-corrected chi connectivity index (χ1v) is 11.5. The molecule has 0 radical (unpaired) electrons. The number of carbonyl (C=O) groups is 1. The second-order valence-electron chi connectivity index (χ2n) is 8.87. The number of H-pyrrole nitrogens is 1. The van der Waals surface area contributed by atoms with Crippen molar-refractivity contribution in [3.05, 3.63) is 60.2 Å². The highest BCUT2D eigenvalue weighted by Crippen LogP contribution is 2.37. The predicted octanol–water partition coefficient (Wildman–Crippen LogP) is 5.04. The predicted molar refractivity (Wildman–Crippen MR) is 123 cm³/mol. The molecule has 1 unspecified atom stereocenters. The van der Waals surface area contributed by atoms with E-state index >= 15 is 0 Å². The Kier molecular flexibility index (Phi) is 6.19. The molecule has 2 heterocycles. The molecule has 1 saturated carbocycles. The van der Waals surface area contributed by atoms with E-state index in [0.717, 1.165) is 48.4 Å². The average Bonchev–Trinajstić information content (AvgIpc) is 3.32. The SMILES string of the molecule is O=C(O)C[C@H]1CC[C@H](c2ccc(-c3cc(OCC4COc5ccccc5O4)n[nH]3)cc2)CC1. The number of hydrogen-bond acceptors (Lipinski definition) is 5. The molecule has 172 valence electrons. The summed E-state index contributed by atoms with van der Waals surface area (Å²) in [7, 11) is 0. The van der Waals surface area contributed by atoms with Crippen LogP contribution in [0.3, 0.4) is 0 Å². The molecule has 0 spiro atoms. The number of nitrogens with zero attached hydrogens (tertiary/aromatic N) is 1. The van der Waals surface area contributed by atoms with Crippen molar-refractivity contribution in [3.8, 4) is 28.6 Å². The Balaban J connectivity index is 1.14. The van der Waals surface area contributed by atoms with Gasteiger partial charge < -0.3 is 19.3 Å². The zero-order chi connectivity index (χ0) is 22.6. The molecule has 0 bridgehead atoms. The third-order valence-corrected chi connectivity index (χ3v) is 6.54.